The van der Waals surface area contributed by atoms with Crippen LogP contribution in [0, 0.1) is 0 Å². The Balaban J connectivity index is 1.83. The molecule has 22 heavy (non-hydrogen) atoms. The first-order valence-corrected chi connectivity index (χ1v) is 8.46. The third-order valence-electron chi connectivity index (χ3n) is 4.29. The second-order valence-corrected chi connectivity index (χ2v) is 8.05. The molecule has 3 N–H and O–H groups in total. The van der Waals surface area contributed by atoms with Crippen LogP contribution in [0.3, 0.4) is 0 Å². The van der Waals surface area contributed by atoms with Crippen molar-refractivity contribution in [3.05, 3.63) is 35.4 Å². The molecular formula is C16H21N3O2S. The highest BCUT2D eigenvalue weighted by Gasteiger charge is 2.49. The Kier molecular flexibility index (Phi) is 3.69. The molecule has 2 aliphatic rings. The first kappa shape index (κ1) is 15.4. The lowest BCUT2D eigenvalue weighted by molar-refractivity contribution is 0.0790. The van der Waals surface area contributed by atoms with Crippen molar-refractivity contribution in [1.29, 1.82) is 0 Å². The van der Waals surface area contributed by atoms with Gasteiger partial charge in [0.1, 0.15) is 0 Å². The van der Waals surface area contributed by atoms with Gasteiger partial charge in [-0.15, -0.1) is 11.8 Å². The second-order valence-electron chi connectivity index (χ2n) is 6.84. The molecule has 0 bridgehead atoms. The molecule has 118 valence electrons. The summed E-state index contributed by atoms with van der Waals surface area (Å²) in [5.41, 5.74) is 7.69. The van der Waals surface area contributed by atoms with Crippen LogP contribution in [0.15, 0.2) is 24.3 Å². The number of amides is 3. The lowest BCUT2D eigenvalue weighted by atomic mass is 9.86. The zero-order chi connectivity index (χ0) is 16.1. The Morgan fingerprint density at radius 3 is 2.55 bits per heavy atom. The molecule has 1 unspecified atom stereocenters. The van der Waals surface area contributed by atoms with Gasteiger partial charge in [0.05, 0.1) is 17.5 Å². The van der Waals surface area contributed by atoms with Crippen LogP contribution in [-0.2, 0) is 5.41 Å². The monoisotopic (exact) mass is 319 g/mol. The predicted molar refractivity (Wildman–Crippen MR) is 87.9 cm³/mol. The quantitative estimate of drug-likeness (QED) is 0.776. The molecule has 5 nitrogen and oxygen atoms in total. The number of rotatable bonds is 1. The van der Waals surface area contributed by atoms with Gasteiger partial charge in [-0.25, -0.2) is 4.79 Å². The number of nitrogens with one attached hydrogen (secondary N) is 1. The van der Waals surface area contributed by atoms with Crippen molar-refractivity contribution < 1.29 is 9.59 Å². The summed E-state index contributed by atoms with van der Waals surface area (Å²) in [4.78, 5) is 26.1. The molecule has 0 saturated carbocycles. The fourth-order valence-corrected chi connectivity index (χ4v) is 4.14. The van der Waals surface area contributed by atoms with Crippen LogP contribution < -0.4 is 11.1 Å². The average molecular weight is 319 g/mol. The lowest BCUT2D eigenvalue weighted by Gasteiger charge is -2.21. The number of carbonyl (C=O) groups excluding carboxylic acids is 2. The molecule has 0 radical (unpaired) electrons. The van der Waals surface area contributed by atoms with E-state index in [4.69, 9.17) is 5.73 Å². The number of nitrogens with zero attached hydrogens (tertiary/aromatic N) is 1. The van der Waals surface area contributed by atoms with Crippen molar-refractivity contribution in [3.63, 3.8) is 0 Å². The van der Waals surface area contributed by atoms with Crippen molar-refractivity contribution >= 4 is 23.7 Å². The number of carbonyl (C=O) groups is 2. The largest absolute Gasteiger partial charge is 0.330 e. The predicted octanol–water partition coefficient (Wildman–Crippen LogP) is 1.92. The molecule has 2 fully saturated rings. The van der Waals surface area contributed by atoms with E-state index in [0.29, 0.717) is 11.3 Å². The fraction of sp³-hybridized carbons (Fsp3) is 0.500. The minimum atomic E-state index is -0.337. The molecule has 1 aromatic rings. The van der Waals surface area contributed by atoms with Gasteiger partial charge in [0, 0.05) is 11.3 Å². The van der Waals surface area contributed by atoms with Crippen LogP contribution in [-0.4, -0.2) is 40.0 Å². The van der Waals surface area contributed by atoms with Crippen LogP contribution in [0.25, 0.3) is 0 Å². The van der Waals surface area contributed by atoms with Crippen molar-refractivity contribution in [2.75, 3.05) is 5.75 Å². The Morgan fingerprint density at radius 2 is 1.95 bits per heavy atom. The zero-order valence-electron chi connectivity index (χ0n) is 13.0. The summed E-state index contributed by atoms with van der Waals surface area (Å²) in [5.74, 6) is 0.441. The van der Waals surface area contributed by atoms with Gasteiger partial charge in [-0.3, -0.25) is 9.69 Å². The first-order chi connectivity index (χ1) is 10.3. The maximum atomic E-state index is 12.7. The summed E-state index contributed by atoms with van der Waals surface area (Å²) in [5, 5.41) is 2.68. The third-order valence-corrected chi connectivity index (χ3v) is 5.50. The molecule has 6 heteroatoms. The van der Waals surface area contributed by atoms with Crippen LogP contribution in [0.1, 0.15) is 36.7 Å². The number of thioether (sulfide) groups is 1. The number of nitrogens with two attached hydrogens (primary N) is 1. The van der Waals surface area contributed by atoms with Crippen LogP contribution in [0.5, 0.6) is 0 Å². The molecule has 3 rings (SSSR count). The molecular weight excluding hydrogens is 298 g/mol. The fourth-order valence-electron chi connectivity index (χ4n) is 2.91. The smallest absolute Gasteiger partial charge is 0.325 e. The van der Waals surface area contributed by atoms with Crippen LogP contribution in [0.2, 0.25) is 0 Å². The highest BCUT2D eigenvalue weighted by molar-refractivity contribution is 8.00. The number of imide groups is 1. The first-order valence-electron chi connectivity index (χ1n) is 7.41. The van der Waals surface area contributed by atoms with Crippen molar-refractivity contribution in [2.45, 2.75) is 43.6 Å². The normalized spacial score (nSPS) is 27.7. The van der Waals surface area contributed by atoms with Gasteiger partial charge in [-0.1, -0.05) is 32.9 Å². The standard InChI is InChI=1S/C16H21N3O2S/c1-16(2,3)10-6-4-9(5-7-10)14(20)19-11-8-22-13(17)12(11)18-15(19)21/h4-7,11-13H,8,17H2,1-3H3,(H,18,21)/t11-,12-,13?/m0/s1. The Hall–Kier alpha value is -1.53. The minimum Gasteiger partial charge on any atom is -0.330 e. The van der Waals surface area contributed by atoms with Crippen molar-refractivity contribution in [3.8, 4) is 0 Å². The van der Waals surface area contributed by atoms with Crippen LogP contribution >= 0.6 is 11.8 Å². The summed E-state index contributed by atoms with van der Waals surface area (Å²) in [6.07, 6.45) is 0. The maximum Gasteiger partial charge on any atom is 0.325 e. The summed E-state index contributed by atoms with van der Waals surface area (Å²) in [6, 6.07) is 6.87. The third kappa shape index (κ3) is 2.50. The summed E-state index contributed by atoms with van der Waals surface area (Å²) < 4.78 is 0. The van der Waals surface area contributed by atoms with Crippen molar-refractivity contribution in [1.82, 2.24) is 10.2 Å². The van der Waals surface area contributed by atoms with E-state index in [2.05, 4.69) is 26.1 Å². The molecule has 2 saturated heterocycles. The van der Waals surface area contributed by atoms with E-state index in [9.17, 15) is 9.59 Å². The van der Waals surface area contributed by atoms with E-state index in [1.165, 1.54) is 4.90 Å². The van der Waals surface area contributed by atoms with Gasteiger partial charge in [0.15, 0.2) is 0 Å². The summed E-state index contributed by atoms with van der Waals surface area (Å²) in [7, 11) is 0. The summed E-state index contributed by atoms with van der Waals surface area (Å²) >= 11 is 1.58. The second kappa shape index (κ2) is 5.28. The molecule has 3 atom stereocenters. The van der Waals surface area contributed by atoms with Gasteiger partial charge < -0.3 is 11.1 Å². The highest BCUT2D eigenvalue weighted by atomic mass is 32.2. The van der Waals surface area contributed by atoms with Gasteiger partial charge in [-0.05, 0) is 23.1 Å². The van der Waals surface area contributed by atoms with E-state index < -0.39 is 0 Å². The van der Waals surface area contributed by atoms with E-state index in [1.54, 1.807) is 23.9 Å². The number of hydrogen-bond acceptors (Lipinski definition) is 4. The van der Waals surface area contributed by atoms with E-state index in [1.807, 2.05) is 12.1 Å². The molecule has 2 heterocycles. The van der Waals surface area contributed by atoms with E-state index in [-0.39, 0.29) is 34.8 Å². The molecule has 3 amide bonds. The lowest BCUT2D eigenvalue weighted by Crippen LogP contribution is -2.43. The SMILES string of the molecule is CC(C)(C)c1ccc(C(=O)N2C(=O)N[C@@H]3C(N)SC[C@@H]32)cc1. The average Bonchev–Trinajstić information content (AvgIpc) is 2.96. The molecule has 0 spiro atoms. The molecule has 1 aromatic carbocycles. The Labute approximate surface area is 134 Å². The van der Waals surface area contributed by atoms with Gasteiger partial charge in [-0.2, -0.15) is 0 Å². The Morgan fingerprint density at radius 1 is 1.32 bits per heavy atom. The number of fused-ring (bicyclic) bond motifs is 1. The summed E-state index contributed by atoms with van der Waals surface area (Å²) in [6.45, 7) is 6.37. The molecule has 2 aliphatic heterocycles. The zero-order valence-corrected chi connectivity index (χ0v) is 13.8. The molecule has 0 aromatic heterocycles. The Bertz CT molecular complexity index is 609. The topological polar surface area (TPSA) is 75.4 Å². The number of benzene rings is 1. The van der Waals surface area contributed by atoms with Gasteiger partial charge in [0.25, 0.3) is 5.91 Å². The maximum absolute atomic E-state index is 12.7. The van der Waals surface area contributed by atoms with Crippen molar-refractivity contribution in [2.24, 2.45) is 5.73 Å². The van der Waals surface area contributed by atoms with E-state index >= 15 is 0 Å². The minimum absolute atomic E-state index is 0.0343. The number of hydrogen-bond donors (Lipinski definition) is 2. The van der Waals surface area contributed by atoms with Gasteiger partial charge >= 0.3 is 6.03 Å². The van der Waals surface area contributed by atoms with Gasteiger partial charge in [0.2, 0.25) is 0 Å². The molecule has 0 aliphatic carbocycles. The highest BCUT2D eigenvalue weighted by Crippen LogP contribution is 2.32. The van der Waals surface area contributed by atoms with Crippen LogP contribution in [0.4, 0.5) is 4.79 Å². The number of urea groups is 1. The van der Waals surface area contributed by atoms with E-state index in [0.717, 1.165) is 5.56 Å².